The minimum atomic E-state index is -3.43. The zero-order valence-electron chi connectivity index (χ0n) is 19.4. The molecule has 0 aromatic heterocycles. The quantitative estimate of drug-likeness (QED) is 0.614. The van der Waals surface area contributed by atoms with Gasteiger partial charge in [0.2, 0.25) is 15.9 Å². The van der Waals surface area contributed by atoms with Crippen molar-refractivity contribution >= 4 is 27.3 Å². The SMILES string of the molecule is Cc1cccc(N(CCCC(=O)NCc2ccc(N3CCCCC3)cc2)S(C)(=O)=O)c1C. The molecule has 7 heteroatoms. The second-order valence-electron chi connectivity index (χ2n) is 8.65. The van der Waals surface area contributed by atoms with Crippen molar-refractivity contribution in [1.29, 1.82) is 0 Å². The lowest BCUT2D eigenvalue weighted by molar-refractivity contribution is -0.121. The van der Waals surface area contributed by atoms with Gasteiger partial charge in [0.25, 0.3) is 0 Å². The maximum Gasteiger partial charge on any atom is 0.232 e. The lowest BCUT2D eigenvalue weighted by Gasteiger charge is -2.28. The van der Waals surface area contributed by atoms with Crippen LogP contribution in [0.15, 0.2) is 42.5 Å². The van der Waals surface area contributed by atoms with Crippen LogP contribution in [0.25, 0.3) is 0 Å². The van der Waals surface area contributed by atoms with Crippen LogP contribution in [0.3, 0.4) is 0 Å². The molecule has 0 saturated carbocycles. The van der Waals surface area contributed by atoms with E-state index in [1.165, 1.54) is 35.5 Å². The lowest BCUT2D eigenvalue weighted by Crippen LogP contribution is -2.32. The molecule has 0 aliphatic carbocycles. The van der Waals surface area contributed by atoms with E-state index in [1.807, 2.05) is 32.0 Å². The smallest absolute Gasteiger partial charge is 0.232 e. The Labute approximate surface area is 192 Å². The third-order valence-electron chi connectivity index (χ3n) is 6.16. The number of anilines is 2. The maximum atomic E-state index is 12.3. The number of hydrogen-bond acceptors (Lipinski definition) is 4. The molecule has 1 saturated heterocycles. The van der Waals surface area contributed by atoms with E-state index in [-0.39, 0.29) is 18.9 Å². The minimum absolute atomic E-state index is 0.0699. The highest BCUT2D eigenvalue weighted by molar-refractivity contribution is 7.92. The highest BCUT2D eigenvalue weighted by Gasteiger charge is 2.20. The molecule has 1 N–H and O–H groups in total. The van der Waals surface area contributed by atoms with Crippen LogP contribution in [0.2, 0.25) is 0 Å². The Bertz CT molecular complexity index is 1010. The van der Waals surface area contributed by atoms with Crippen LogP contribution in [0.1, 0.15) is 48.8 Å². The summed E-state index contributed by atoms with van der Waals surface area (Å²) in [6.45, 7) is 6.87. The van der Waals surface area contributed by atoms with Crippen molar-refractivity contribution in [2.24, 2.45) is 0 Å². The van der Waals surface area contributed by atoms with Gasteiger partial charge < -0.3 is 10.2 Å². The third-order valence-corrected chi connectivity index (χ3v) is 7.34. The summed E-state index contributed by atoms with van der Waals surface area (Å²) in [5, 5.41) is 2.95. The standard InChI is InChI=1S/C25H35N3O3S/c1-20-9-7-10-24(21(20)2)28(32(3,30)31)18-8-11-25(29)26-19-22-12-14-23(15-13-22)27-16-5-4-6-17-27/h7,9-10,12-15H,4-6,8,11,16-19H2,1-3H3,(H,26,29). The highest BCUT2D eigenvalue weighted by atomic mass is 32.2. The second kappa shape index (κ2) is 10.9. The summed E-state index contributed by atoms with van der Waals surface area (Å²) in [6, 6.07) is 14.0. The summed E-state index contributed by atoms with van der Waals surface area (Å²) in [6.07, 6.45) is 5.76. The number of sulfonamides is 1. The van der Waals surface area contributed by atoms with Crippen molar-refractivity contribution in [3.63, 3.8) is 0 Å². The topological polar surface area (TPSA) is 69.7 Å². The fourth-order valence-electron chi connectivity index (χ4n) is 4.12. The number of amides is 1. The fraction of sp³-hybridized carbons (Fsp3) is 0.480. The summed E-state index contributed by atoms with van der Waals surface area (Å²) in [4.78, 5) is 14.7. The number of piperidine rings is 1. The predicted octanol–water partition coefficient (Wildman–Crippen LogP) is 4.16. The minimum Gasteiger partial charge on any atom is -0.372 e. The fourth-order valence-corrected chi connectivity index (χ4v) is 5.14. The van der Waals surface area contributed by atoms with E-state index in [9.17, 15) is 13.2 Å². The van der Waals surface area contributed by atoms with E-state index in [1.54, 1.807) is 0 Å². The van der Waals surface area contributed by atoms with Crippen LogP contribution >= 0.6 is 0 Å². The van der Waals surface area contributed by atoms with Crippen molar-refractivity contribution < 1.29 is 13.2 Å². The second-order valence-corrected chi connectivity index (χ2v) is 10.6. The number of hydrogen-bond donors (Lipinski definition) is 1. The Morgan fingerprint density at radius 3 is 2.38 bits per heavy atom. The molecule has 0 spiro atoms. The molecule has 174 valence electrons. The molecule has 0 radical (unpaired) electrons. The molecule has 1 amide bonds. The Hall–Kier alpha value is -2.54. The first kappa shape index (κ1) is 24.1. The number of carbonyl (C=O) groups is 1. The summed E-state index contributed by atoms with van der Waals surface area (Å²) < 4.78 is 26.1. The van der Waals surface area contributed by atoms with Crippen molar-refractivity contribution in [3.05, 3.63) is 59.2 Å². The molecule has 2 aromatic carbocycles. The molecule has 0 unspecified atom stereocenters. The first-order chi connectivity index (χ1) is 15.3. The number of carbonyl (C=O) groups excluding carboxylic acids is 1. The summed E-state index contributed by atoms with van der Waals surface area (Å²) >= 11 is 0. The molecule has 1 fully saturated rings. The highest BCUT2D eigenvalue weighted by Crippen LogP contribution is 2.25. The van der Waals surface area contributed by atoms with Crippen LogP contribution in [-0.4, -0.2) is 40.2 Å². The number of nitrogens with one attached hydrogen (secondary N) is 1. The molecule has 0 bridgehead atoms. The molecule has 0 atom stereocenters. The van der Waals surface area contributed by atoms with Gasteiger partial charge in [-0.25, -0.2) is 8.42 Å². The van der Waals surface area contributed by atoms with E-state index in [0.717, 1.165) is 29.8 Å². The van der Waals surface area contributed by atoms with E-state index < -0.39 is 10.0 Å². The Morgan fingerprint density at radius 2 is 1.72 bits per heavy atom. The third kappa shape index (κ3) is 6.48. The Balaban J connectivity index is 1.49. The molecule has 3 rings (SSSR count). The lowest BCUT2D eigenvalue weighted by atomic mass is 10.1. The average Bonchev–Trinajstić information content (AvgIpc) is 2.78. The molecular formula is C25H35N3O3S. The van der Waals surface area contributed by atoms with Gasteiger partial charge in [-0.1, -0.05) is 24.3 Å². The van der Waals surface area contributed by atoms with E-state index in [4.69, 9.17) is 0 Å². The first-order valence-corrected chi connectivity index (χ1v) is 13.2. The number of aryl methyl sites for hydroxylation is 1. The van der Waals surface area contributed by atoms with E-state index in [0.29, 0.717) is 18.7 Å². The maximum absolute atomic E-state index is 12.3. The molecule has 1 aliphatic rings. The van der Waals surface area contributed by atoms with Gasteiger partial charge in [-0.3, -0.25) is 9.10 Å². The summed E-state index contributed by atoms with van der Waals surface area (Å²) in [7, 11) is -3.43. The van der Waals surface area contributed by atoms with Crippen LogP contribution in [-0.2, 0) is 21.4 Å². The largest absolute Gasteiger partial charge is 0.372 e. The molecule has 1 heterocycles. The predicted molar refractivity (Wildman–Crippen MR) is 132 cm³/mol. The summed E-state index contributed by atoms with van der Waals surface area (Å²) in [5.74, 6) is -0.0699. The zero-order chi connectivity index (χ0) is 23.1. The van der Waals surface area contributed by atoms with E-state index >= 15 is 0 Å². The van der Waals surface area contributed by atoms with Gasteiger partial charge in [-0.2, -0.15) is 0 Å². The van der Waals surface area contributed by atoms with Gasteiger partial charge in [-0.05, 0) is 74.4 Å². The van der Waals surface area contributed by atoms with Crippen molar-refractivity contribution in [2.75, 3.05) is 35.1 Å². The molecule has 1 aliphatic heterocycles. The molecule has 6 nitrogen and oxygen atoms in total. The number of nitrogens with zero attached hydrogens (tertiary/aromatic N) is 2. The van der Waals surface area contributed by atoms with Crippen LogP contribution in [0.4, 0.5) is 11.4 Å². The average molecular weight is 458 g/mol. The number of rotatable bonds is 9. The van der Waals surface area contributed by atoms with Crippen molar-refractivity contribution in [2.45, 2.75) is 52.5 Å². The van der Waals surface area contributed by atoms with Gasteiger partial charge in [0.15, 0.2) is 0 Å². The monoisotopic (exact) mass is 457 g/mol. The zero-order valence-corrected chi connectivity index (χ0v) is 20.2. The Kier molecular flexibility index (Phi) is 8.18. The molecular weight excluding hydrogens is 422 g/mol. The van der Waals surface area contributed by atoms with Crippen LogP contribution in [0, 0.1) is 13.8 Å². The van der Waals surface area contributed by atoms with Gasteiger partial charge in [0, 0.05) is 38.3 Å². The van der Waals surface area contributed by atoms with Gasteiger partial charge >= 0.3 is 0 Å². The van der Waals surface area contributed by atoms with Gasteiger partial charge in [-0.15, -0.1) is 0 Å². The van der Waals surface area contributed by atoms with Crippen molar-refractivity contribution in [3.8, 4) is 0 Å². The normalized spacial score (nSPS) is 14.3. The molecule has 2 aromatic rings. The van der Waals surface area contributed by atoms with Crippen molar-refractivity contribution in [1.82, 2.24) is 5.32 Å². The summed E-state index contributed by atoms with van der Waals surface area (Å²) in [5.41, 5.74) is 4.97. The van der Waals surface area contributed by atoms with Gasteiger partial charge in [0.1, 0.15) is 0 Å². The van der Waals surface area contributed by atoms with Crippen LogP contribution in [0.5, 0.6) is 0 Å². The first-order valence-electron chi connectivity index (χ1n) is 11.4. The van der Waals surface area contributed by atoms with E-state index in [2.05, 4.69) is 34.5 Å². The van der Waals surface area contributed by atoms with Gasteiger partial charge in [0.05, 0.1) is 11.9 Å². The molecule has 32 heavy (non-hydrogen) atoms. The Morgan fingerprint density at radius 1 is 1.03 bits per heavy atom. The number of benzene rings is 2. The van der Waals surface area contributed by atoms with Crippen LogP contribution < -0.4 is 14.5 Å².